The molecule has 0 aliphatic rings. The van der Waals surface area contributed by atoms with E-state index in [1.807, 2.05) is 37.4 Å². The second-order valence-corrected chi connectivity index (χ2v) is 7.61. The van der Waals surface area contributed by atoms with Gasteiger partial charge in [0, 0.05) is 24.2 Å². The van der Waals surface area contributed by atoms with Crippen LogP contribution in [0.15, 0.2) is 6.07 Å². The van der Waals surface area contributed by atoms with Crippen molar-refractivity contribution in [2.45, 2.75) is 60.0 Å². The Morgan fingerprint density at radius 2 is 2.04 bits per heavy atom. The maximum Gasteiger partial charge on any atom is 0.238 e. The Labute approximate surface area is 149 Å². The summed E-state index contributed by atoms with van der Waals surface area (Å²) < 4.78 is 1.90. The molecule has 2 rings (SSSR count). The van der Waals surface area contributed by atoms with Crippen LogP contribution in [0.2, 0.25) is 0 Å². The number of aromatic amines is 1. The predicted octanol–water partition coefficient (Wildman–Crippen LogP) is 2.61. The Morgan fingerprint density at radius 1 is 1.36 bits per heavy atom. The number of carbonyl (C=O) groups is 1. The predicted molar refractivity (Wildman–Crippen MR) is 99.6 cm³/mol. The summed E-state index contributed by atoms with van der Waals surface area (Å²) in [7, 11) is 1.92. The molecule has 0 atom stereocenters. The molecule has 0 aliphatic heterocycles. The van der Waals surface area contributed by atoms with Gasteiger partial charge >= 0.3 is 0 Å². The molecule has 138 valence electrons. The average Bonchev–Trinajstić information content (AvgIpc) is 3.06. The number of rotatable bonds is 6. The number of nitrogens with one attached hydrogen (secondary N) is 2. The molecule has 7 heteroatoms. The van der Waals surface area contributed by atoms with Crippen molar-refractivity contribution >= 4 is 11.6 Å². The molecule has 2 aromatic heterocycles. The zero-order valence-corrected chi connectivity index (χ0v) is 16.4. The van der Waals surface area contributed by atoms with Gasteiger partial charge in [0.2, 0.25) is 5.91 Å². The second kappa shape index (κ2) is 7.39. The van der Waals surface area contributed by atoms with Crippen molar-refractivity contribution in [3.05, 3.63) is 28.8 Å². The smallest absolute Gasteiger partial charge is 0.238 e. The van der Waals surface area contributed by atoms with E-state index in [1.165, 1.54) is 0 Å². The molecule has 0 radical (unpaired) electrons. The fourth-order valence-electron chi connectivity index (χ4n) is 2.78. The van der Waals surface area contributed by atoms with Crippen LogP contribution in [0.25, 0.3) is 0 Å². The standard InChI is InChI=1S/C18H30N6O/c1-8-24-13(3)17(12(2)22-24)19-16(25)11-23(7)10-14-9-15(21-20-14)18(4,5)6/h9H,8,10-11H2,1-7H3,(H,19,25)(H,20,21). The topological polar surface area (TPSA) is 78.8 Å². The van der Waals surface area contributed by atoms with Crippen LogP contribution in [0.4, 0.5) is 5.69 Å². The van der Waals surface area contributed by atoms with Gasteiger partial charge in [-0.2, -0.15) is 10.2 Å². The van der Waals surface area contributed by atoms with Crippen molar-refractivity contribution in [1.29, 1.82) is 0 Å². The molecule has 0 aliphatic carbocycles. The molecule has 2 aromatic rings. The van der Waals surface area contributed by atoms with Gasteiger partial charge in [0.05, 0.1) is 29.3 Å². The van der Waals surface area contributed by atoms with Crippen LogP contribution in [0.5, 0.6) is 0 Å². The Morgan fingerprint density at radius 3 is 2.56 bits per heavy atom. The lowest BCUT2D eigenvalue weighted by molar-refractivity contribution is -0.117. The monoisotopic (exact) mass is 346 g/mol. The number of aryl methyl sites for hydroxylation is 2. The van der Waals surface area contributed by atoms with E-state index < -0.39 is 0 Å². The number of carbonyl (C=O) groups excluding carboxylic acids is 1. The van der Waals surface area contributed by atoms with Gasteiger partial charge in [-0.1, -0.05) is 20.8 Å². The van der Waals surface area contributed by atoms with Crippen molar-refractivity contribution in [3.63, 3.8) is 0 Å². The second-order valence-electron chi connectivity index (χ2n) is 7.61. The quantitative estimate of drug-likeness (QED) is 0.843. The van der Waals surface area contributed by atoms with E-state index in [9.17, 15) is 4.79 Å². The SMILES string of the molecule is CCn1nc(C)c(NC(=O)CN(C)Cc2cc(C(C)(C)C)n[nH]2)c1C. The first-order valence-electron chi connectivity index (χ1n) is 8.69. The molecule has 0 fully saturated rings. The van der Waals surface area contributed by atoms with E-state index in [2.05, 4.69) is 47.5 Å². The number of nitrogens with zero attached hydrogens (tertiary/aromatic N) is 4. The minimum Gasteiger partial charge on any atom is -0.322 e. The summed E-state index contributed by atoms with van der Waals surface area (Å²) in [6.07, 6.45) is 0. The van der Waals surface area contributed by atoms with Crippen LogP contribution >= 0.6 is 0 Å². The largest absolute Gasteiger partial charge is 0.322 e. The van der Waals surface area contributed by atoms with Crippen molar-refractivity contribution < 1.29 is 4.79 Å². The Kier molecular flexibility index (Phi) is 5.67. The molecule has 25 heavy (non-hydrogen) atoms. The first kappa shape index (κ1) is 19.2. The lowest BCUT2D eigenvalue weighted by Gasteiger charge is -2.16. The highest BCUT2D eigenvalue weighted by Crippen LogP contribution is 2.21. The first-order chi connectivity index (χ1) is 11.6. The minimum atomic E-state index is -0.0417. The van der Waals surface area contributed by atoms with Gasteiger partial charge in [-0.3, -0.25) is 19.5 Å². The molecule has 0 spiro atoms. The normalized spacial score (nSPS) is 12.0. The highest BCUT2D eigenvalue weighted by atomic mass is 16.2. The zero-order chi connectivity index (χ0) is 18.8. The van der Waals surface area contributed by atoms with Gasteiger partial charge in [0.1, 0.15) is 0 Å². The molecule has 0 saturated carbocycles. The number of hydrogen-bond acceptors (Lipinski definition) is 4. The van der Waals surface area contributed by atoms with E-state index >= 15 is 0 Å². The number of anilines is 1. The molecular weight excluding hydrogens is 316 g/mol. The van der Waals surface area contributed by atoms with E-state index in [0.717, 1.165) is 35.0 Å². The highest BCUT2D eigenvalue weighted by molar-refractivity contribution is 5.93. The molecule has 7 nitrogen and oxygen atoms in total. The molecule has 0 saturated heterocycles. The number of H-pyrrole nitrogens is 1. The fraction of sp³-hybridized carbons (Fsp3) is 0.611. The van der Waals surface area contributed by atoms with Gasteiger partial charge in [-0.15, -0.1) is 0 Å². The summed E-state index contributed by atoms with van der Waals surface area (Å²) in [5.41, 5.74) is 4.69. The summed E-state index contributed by atoms with van der Waals surface area (Å²) in [4.78, 5) is 14.3. The third kappa shape index (κ3) is 4.69. The van der Waals surface area contributed by atoms with Crippen molar-refractivity contribution in [3.8, 4) is 0 Å². The summed E-state index contributed by atoms with van der Waals surface area (Å²) in [6, 6.07) is 2.06. The zero-order valence-electron chi connectivity index (χ0n) is 16.4. The van der Waals surface area contributed by atoms with Crippen LogP contribution in [-0.2, 0) is 23.3 Å². The summed E-state index contributed by atoms with van der Waals surface area (Å²) in [6.45, 7) is 14.1. The van der Waals surface area contributed by atoms with Crippen LogP contribution in [-0.4, -0.2) is 44.4 Å². The molecule has 0 bridgehead atoms. The minimum absolute atomic E-state index is 0.0131. The lowest BCUT2D eigenvalue weighted by atomic mass is 9.92. The van der Waals surface area contributed by atoms with Crippen LogP contribution in [0.1, 0.15) is 50.5 Å². The van der Waals surface area contributed by atoms with Crippen molar-refractivity contribution in [2.75, 3.05) is 18.9 Å². The average molecular weight is 346 g/mol. The van der Waals surface area contributed by atoms with Gasteiger partial charge in [-0.05, 0) is 33.9 Å². The van der Waals surface area contributed by atoms with E-state index in [0.29, 0.717) is 13.1 Å². The third-order valence-electron chi connectivity index (χ3n) is 4.20. The Bertz CT molecular complexity index is 737. The molecule has 2 N–H and O–H groups in total. The Hall–Kier alpha value is -2.15. The Balaban J connectivity index is 1.94. The molecule has 0 unspecified atom stereocenters. The van der Waals surface area contributed by atoms with Gasteiger partial charge in [0.15, 0.2) is 0 Å². The molecule has 2 heterocycles. The maximum atomic E-state index is 12.4. The summed E-state index contributed by atoms with van der Waals surface area (Å²) >= 11 is 0. The van der Waals surface area contributed by atoms with E-state index in [1.54, 1.807) is 0 Å². The van der Waals surface area contributed by atoms with Crippen molar-refractivity contribution in [1.82, 2.24) is 24.9 Å². The van der Waals surface area contributed by atoms with Gasteiger partial charge < -0.3 is 5.32 Å². The molecule has 0 aromatic carbocycles. The van der Waals surface area contributed by atoms with Crippen molar-refractivity contribution in [2.24, 2.45) is 0 Å². The van der Waals surface area contributed by atoms with Crippen LogP contribution in [0, 0.1) is 13.8 Å². The van der Waals surface area contributed by atoms with Gasteiger partial charge in [-0.25, -0.2) is 0 Å². The first-order valence-corrected chi connectivity index (χ1v) is 8.69. The van der Waals surface area contributed by atoms with Crippen LogP contribution in [0.3, 0.4) is 0 Å². The van der Waals surface area contributed by atoms with Gasteiger partial charge in [0.25, 0.3) is 0 Å². The summed E-state index contributed by atoms with van der Waals surface area (Å²) in [5.74, 6) is -0.0417. The number of amides is 1. The van der Waals surface area contributed by atoms with Crippen LogP contribution < -0.4 is 5.32 Å². The van der Waals surface area contributed by atoms with E-state index in [4.69, 9.17) is 0 Å². The highest BCUT2D eigenvalue weighted by Gasteiger charge is 2.19. The van der Waals surface area contributed by atoms with E-state index in [-0.39, 0.29) is 11.3 Å². The maximum absolute atomic E-state index is 12.4. The number of likely N-dealkylation sites (N-methyl/N-ethyl adjacent to an activating group) is 1. The fourth-order valence-corrected chi connectivity index (χ4v) is 2.78. The number of hydrogen-bond donors (Lipinski definition) is 2. The number of aromatic nitrogens is 4. The third-order valence-corrected chi connectivity index (χ3v) is 4.20. The molecular formula is C18H30N6O. The lowest BCUT2D eigenvalue weighted by Crippen LogP contribution is -2.30. The summed E-state index contributed by atoms with van der Waals surface area (Å²) in [5, 5.41) is 14.8. The molecule has 1 amide bonds.